The third kappa shape index (κ3) is 4.92. The van der Waals surface area contributed by atoms with Crippen molar-refractivity contribution in [3.63, 3.8) is 0 Å². The zero-order valence-corrected chi connectivity index (χ0v) is 15.5. The Morgan fingerprint density at radius 1 is 1.12 bits per heavy atom. The lowest BCUT2D eigenvalue weighted by Gasteiger charge is -2.22. The minimum absolute atomic E-state index is 0.145. The van der Waals surface area contributed by atoms with Crippen molar-refractivity contribution >= 4 is 23.2 Å². The Balaban J connectivity index is 2.08. The van der Waals surface area contributed by atoms with Crippen LogP contribution in [0.15, 0.2) is 30.6 Å². The van der Waals surface area contributed by atoms with E-state index < -0.39 is 0 Å². The highest BCUT2D eigenvalue weighted by Crippen LogP contribution is 2.24. The molecule has 2 aromatic rings. The maximum Gasteiger partial charge on any atom is 0.254 e. The molecule has 6 nitrogen and oxygen atoms in total. The molecule has 0 unspecified atom stereocenters. The molecule has 0 bridgehead atoms. The number of carbonyl (C=O) groups is 1. The SMILES string of the molecule is CCCNC(=O)c1cnc(Nc2ccc(N(CC)CC)cc2C)nc1. The number of aromatic nitrogens is 2. The lowest BCUT2D eigenvalue weighted by atomic mass is 10.1. The van der Waals surface area contributed by atoms with Crippen LogP contribution < -0.4 is 15.5 Å². The minimum atomic E-state index is -0.145. The number of hydrogen-bond donors (Lipinski definition) is 2. The van der Waals surface area contributed by atoms with Crippen LogP contribution >= 0.6 is 0 Å². The van der Waals surface area contributed by atoms with Crippen LogP contribution in [0.3, 0.4) is 0 Å². The first-order chi connectivity index (χ1) is 12.1. The summed E-state index contributed by atoms with van der Waals surface area (Å²) in [6, 6.07) is 6.28. The van der Waals surface area contributed by atoms with E-state index in [1.54, 1.807) is 12.4 Å². The van der Waals surface area contributed by atoms with Gasteiger partial charge >= 0.3 is 0 Å². The van der Waals surface area contributed by atoms with Gasteiger partial charge in [-0.25, -0.2) is 9.97 Å². The number of aryl methyl sites for hydroxylation is 1. The molecule has 0 saturated heterocycles. The van der Waals surface area contributed by atoms with Gasteiger partial charge in [-0.1, -0.05) is 6.92 Å². The fraction of sp³-hybridized carbons (Fsp3) is 0.421. The van der Waals surface area contributed by atoms with Crippen LogP contribution in [0.4, 0.5) is 17.3 Å². The van der Waals surface area contributed by atoms with Gasteiger partial charge in [-0.3, -0.25) is 4.79 Å². The highest BCUT2D eigenvalue weighted by atomic mass is 16.1. The molecule has 0 radical (unpaired) electrons. The second-order valence-corrected chi connectivity index (χ2v) is 5.85. The van der Waals surface area contributed by atoms with Gasteiger partial charge < -0.3 is 15.5 Å². The highest BCUT2D eigenvalue weighted by Gasteiger charge is 2.08. The number of hydrogen-bond acceptors (Lipinski definition) is 5. The molecule has 0 aliphatic carbocycles. The zero-order chi connectivity index (χ0) is 18.2. The van der Waals surface area contributed by atoms with Gasteiger partial charge in [-0.05, 0) is 51.0 Å². The minimum Gasteiger partial charge on any atom is -0.372 e. The molecule has 6 heteroatoms. The van der Waals surface area contributed by atoms with E-state index in [9.17, 15) is 4.79 Å². The predicted octanol–water partition coefficient (Wildman–Crippen LogP) is 3.51. The van der Waals surface area contributed by atoms with Crippen molar-refractivity contribution < 1.29 is 4.79 Å². The van der Waals surface area contributed by atoms with Gasteiger partial charge in [0, 0.05) is 43.4 Å². The summed E-state index contributed by atoms with van der Waals surface area (Å²) < 4.78 is 0. The average molecular weight is 341 g/mol. The van der Waals surface area contributed by atoms with Crippen LogP contribution in [0.2, 0.25) is 0 Å². The molecule has 0 saturated carbocycles. The molecular weight excluding hydrogens is 314 g/mol. The van der Waals surface area contributed by atoms with Gasteiger partial charge in [0.1, 0.15) is 0 Å². The predicted molar refractivity (Wildman–Crippen MR) is 103 cm³/mol. The van der Waals surface area contributed by atoms with Crippen LogP contribution in [-0.4, -0.2) is 35.5 Å². The Bertz CT molecular complexity index is 695. The van der Waals surface area contributed by atoms with Crippen molar-refractivity contribution in [3.8, 4) is 0 Å². The molecular formula is C19H27N5O. The van der Waals surface area contributed by atoms with E-state index in [0.717, 1.165) is 30.8 Å². The fourth-order valence-corrected chi connectivity index (χ4v) is 2.54. The summed E-state index contributed by atoms with van der Waals surface area (Å²) in [5.74, 6) is 0.332. The van der Waals surface area contributed by atoms with Crippen molar-refractivity contribution in [3.05, 3.63) is 41.7 Å². The molecule has 1 aromatic heterocycles. The molecule has 0 spiro atoms. The molecule has 1 amide bonds. The Labute approximate surface area is 149 Å². The molecule has 2 N–H and O–H groups in total. The van der Waals surface area contributed by atoms with Crippen molar-refractivity contribution in [1.82, 2.24) is 15.3 Å². The number of nitrogens with one attached hydrogen (secondary N) is 2. The highest BCUT2D eigenvalue weighted by molar-refractivity contribution is 5.93. The van der Waals surface area contributed by atoms with E-state index in [-0.39, 0.29) is 5.91 Å². The molecule has 2 rings (SSSR count). The average Bonchev–Trinajstić information content (AvgIpc) is 2.63. The first-order valence-corrected chi connectivity index (χ1v) is 8.81. The van der Waals surface area contributed by atoms with E-state index in [1.165, 1.54) is 5.69 Å². The zero-order valence-electron chi connectivity index (χ0n) is 15.5. The summed E-state index contributed by atoms with van der Waals surface area (Å²) in [7, 11) is 0. The smallest absolute Gasteiger partial charge is 0.254 e. The van der Waals surface area contributed by atoms with E-state index in [2.05, 4.69) is 58.4 Å². The van der Waals surface area contributed by atoms with Crippen molar-refractivity contribution in [1.29, 1.82) is 0 Å². The van der Waals surface area contributed by atoms with Crippen molar-refractivity contribution in [2.45, 2.75) is 34.1 Å². The molecule has 0 atom stereocenters. The summed E-state index contributed by atoms with van der Waals surface area (Å²) >= 11 is 0. The lowest BCUT2D eigenvalue weighted by Crippen LogP contribution is -2.24. The number of nitrogens with zero attached hydrogens (tertiary/aromatic N) is 3. The largest absolute Gasteiger partial charge is 0.372 e. The summed E-state index contributed by atoms with van der Waals surface area (Å²) in [6.45, 7) is 11.0. The van der Waals surface area contributed by atoms with E-state index in [1.807, 2.05) is 13.0 Å². The van der Waals surface area contributed by atoms with Gasteiger partial charge in [-0.2, -0.15) is 0 Å². The molecule has 25 heavy (non-hydrogen) atoms. The van der Waals surface area contributed by atoms with Crippen molar-refractivity contribution in [2.24, 2.45) is 0 Å². The Hall–Kier alpha value is -2.63. The Kier molecular flexibility index (Phi) is 6.74. The van der Waals surface area contributed by atoms with Crippen LogP contribution in [0.5, 0.6) is 0 Å². The molecule has 0 aliphatic rings. The summed E-state index contributed by atoms with van der Waals surface area (Å²) in [5, 5.41) is 6.02. The number of benzene rings is 1. The number of amides is 1. The maximum absolute atomic E-state index is 11.9. The topological polar surface area (TPSA) is 70.2 Å². The first-order valence-electron chi connectivity index (χ1n) is 8.81. The quantitative estimate of drug-likeness (QED) is 0.769. The molecule has 0 fully saturated rings. The lowest BCUT2D eigenvalue weighted by molar-refractivity contribution is 0.0953. The van der Waals surface area contributed by atoms with Gasteiger partial charge in [0.2, 0.25) is 5.95 Å². The number of rotatable bonds is 8. The monoisotopic (exact) mass is 341 g/mol. The number of anilines is 3. The fourth-order valence-electron chi connectivity index (χ4n) is 2.54. The molecule has 1 heterocycles. The van der Waals surface area contributed by atoms with Gasteiger partial charge in [0.15, 0.2) is 0 Å². The van der Waals surface area contributed by atoms with Crippen molar-refractivity contribution in [2.75, 3.05) is 29.9 Å². The van der Waals surface area contributed by atoms with Crippen LogP contribution in [0.1, 0.15) is 43.1 Å². The second kappa shape index (κ2) is 9.01. The van der Waals surface area contributed by atoms with E-state index >= 15 is 0 Å². The first kappa shape index (κ1) is 18.7. The number of carbonyl (C=O) groups excluding carboxylic acids is 1. The van der Waals surface area contributed by atoms with Crippen LogP contribution in [0, 0.1) is 6.92 Å². The summed E-state index contributed by atoms with van der Waals surface area (Å²) in [4.78, 5) is 22.7. The van der Waals surface area contributed by atoms with Gasteiger partial charge in [0.25, 0.3) is 5.91 Å². The molecule has 134 valence electrons. The standard InChI is InChI=1S/C19H27N5O/c1-5-10-20-18(25)15-12-21-19(22-13-15)23-17-9-8-16(11-14(17)4)24(6-2)7-3/h8-9,11-13H,5-7,10H2,1-4H3,(H,20,25)(H,21,22,23). The second-order valence-electron chi connectivity index (χ2n) is 5.85. The molecule has 1 aromatic carbocycles. The molecule has 0 aliphatic heterocycles. The van der Waals surface area contributed by atoms with Gasteiger partial charge in [0.05, 0.1) is 5.56 Å². The van der Waals surface area contributed by atoms with Gasteiger partial charge in [-0.15, -0.1) is 0 Å². The van der Waals surface area contributed by atoms with Crippen LogP contribution in [-0.2, 0) is 0 Å². The Morgan fingerprint density at radius 2 is 1.80 bits per heavy atom. The van der Waals surface area contributed by atoms with E-state index in [4.69, 9.17) is 0 Å². The summed E-state index contributed by atoms with van der Waals surface area (Å²) in [6.07, 6.45) is 3.98. The third-order valence-electron chi connectivity index (χ3n) is 4.03. The van der Waals surface area contributed by atoms with Crippen LogP contribution in [0.25, 0.3) is 0 Å². The Morgan fingerprint density at radius 3 is 2.36 bits per heavy atom. The summed E-state index contributed by atoms with van der Waals surface area (Å²) in [5.41, 5.74) is 3.75. The normalized spacial score (nSPS) is 10.4. The third-order valence-corrected chi connectivity index (χ3v) is 4.03. The maximum atomic E-state index is 11.9. The van der Waals surface area contributed by atoms with E-state index in [0.29, 0.717) is 18.1 Å².